The summed E-state index contributed by atoms with van der Waals surface area (Å²) in [5.74, 6) is -1.83. The SMILES string of the molecule is O=C(N/N=C\c1ccc(-c2ccc([N+](=O)[O-])cc2)o1)C(=O)Nc1cccc(C(F)(F)F)c1. The number of non-ortho nitro benzene ring substituents is 1. The highest BCUT2D eigenvalue weighted by molar-refractivity contribution is 6.39. The highest BCUT2D eigenvalue weighted by atomic mass is 19.4. The zero-order valence-electron chi connectivity index (χ0n) is 15.9. The van der Waals surface area contributed by atoms with Crippen LogP contribution in [0.5, 0.6) is 0 Å². The van der Waals surface area contributed by atoms with Crippen LogP contribution in [-0.4, -0.2) is 23.0 Å². The fraction of sp³-hybridized carbons (Fsp3) is 0.0500. The number of nitrogens with zero attached hydrogens (tertiary/aromatic N) is 2. The highest BCUT2D eigenvalue weighted by Gasteiger charge is 2.30. The van der Waals surface area contributed by atoms with Gasteiger partial charge in [0.15, 0.2) is 0 Å². The molecule has 3 rings (SSSR count). The Labute approximate surface area is 177 Å². The number of anilines is 1. The predicted octanol–water partition coefficient (Wildman–Crippen LogP) is 3.96. The van der Waals surface area contributed by atoms with Crippen molar-refractivity contribution in [1.29, 1.82) is 0 Å². The second-order valence-electron chi connectivity index (χ2n) is 6.24. The van der Waals surface area contributed by atoms with Crippen molar-refractivity contribution in [3.05, 3.63) is 82.1 Å². The lowest BCUT2D eigenvalue weighted by Crippen LogP contribution is -2.32. The summed E-state index contributed by atoms with van der Waals surface area (Å²) in [5.41, 5.74) is 1.24. The quantitative estimate of drug-likeness (QED) is 0.265. The summed E-state index contributed by atoms with van der Waals surface area (Å²) in [4.78, 5) is 33.8. The normalized spacial score (nSPS) is 11.3. The molecule has 0 saturated carbocycles. The van der Waals surface area contributed by atoms with Crippen LogP contribution in [0.1, 0.15) is 11.3 Å². The number of hydrogen-bond acceptors (Lipinski definition) is 6. The average Bonchev–Trinajstić information content (AvgIpc) is 3.22. The van der Waals surface area contributed by atoms with Gasteiger partial charge in [-0.1, -0.05) is 6.07 Å². The van der Waals surface area contributed by atoms with Crippen molar-refractivity contribution in [3.8, 4) is 11.3 Å². The summed E-state index contributed by atoms with van der Waals surface area (Å²) in [6, 6.07) is 12.5. The first kappa shape index (κ1) is 22.2. The van der Waals surface area contributed by atoms with Gasteiger partial charge in [-0.05, 0) is 42.5 Å². The molecule has 0 aliphatic carbocycles. The first-order valence-corrected chi connectivity index (χ1v) is 8.80. The summed E-state index contributed by atoms with van der Waals surface area (Å²) in [7, 11) is 0. The van der Waals surface area contributed by atoms with Crippen LogP contribution >= 0.6 is 0 Å². The monoisotopic (exact) mass is 446 g/mol. The number of rotatable bonds is 5. The first-order valence-electron chi connectivity index (χ1n) is 8.80. The Kier molecular flexibility index (Phi) is 6.33. The number of benzene rings is 2. The van der Waals surface area contributed by atoms with Crippen LogP contribution in [0.25, 0.3) is 11.3 Å². The molecular formula is C20H13F3N4O5. The minimum atomic E-state index is -4.59. The Morgan fingerprint density at radius 2 is 1.75 bits per heavy atom. The number of carbonyl (C=O) groups is 2. The van der Waals surface area contributed by atoms with Crippen LogP contribution in [0.15, 0.2) is 70.2 Å². The molecule has 2 amide bonds. The minimum absolute atomic E-state index is 0.0757. The smallest absolute Gasteiger partial charge is 0.416 e. The molecule has 1 heterocycles. The first-order chi connectivity index (χ1) is 15.1. The zero-order chi connectivity index (χ0) is 23.3. The van der Waals surface area contributed by atoms with Crippen LogP contribution < -0.4 is 10.7 Å². The predicted molar refractivity (Wildman–Crippen MR) is 107 cm³/mol. The fourth-order valence-electron chi connectivity index (χ4n) is 2.49. The Morgan fingerprint density at radius 1 is 1.03 bits per heavy atom. The molecule has 164 valence electrons. The van der Waals surface area contributed by atoms with Gasteiger partial charge in [0.2, 0.25) is 0 Å². The molecule has 3 aromatic rings. The molecule has 9 nitrogen and oxygen atoms in total. The largest absolute Gasteiger partial charge is 0.455 e. The maximum absolute atomic E-state index is 12.7. The maximum Gasteiger partial charge on any atom is 0.416 e. The third-order valence-corrected chi connectivity index (χ3v) is 4.00. The van der Waals surface area contributed by atoms with Gasteiger partial charge in [-0.2, -0.15) is 18.3 Å². The molecule has 0 aliphatic rings. The number of nitro benzene ring substituents is 1. The second kappa shape index (κ2) is 9.12. The summed E-state index contributed by atoms with van der Waals surface area (Å²) < 4.78 is 43.6. The molecule has 0 fully saturated rings. The van der Waals surface area contributed by atoms with E-state index in [0.29, 0.717) is 17.4 Å². The van der Waals surface area contributed by atoms with Crippen molar-refractivity contribution >= 4 is 29.4 Å². The summed E-state index contributed by atoms with van der Waals surface area (Å²) >= 11 is 0. The van der Waals surface area contributed by atoms with Crippen LogP contribution in [0.4, 0.5) is 24.5 Å². The molecular weight excluding hydrogens is 433 g/mol. The van der Waals surface area contributed by atoms with Gasteiger partial charge in [0.05, 0.1) is 16.7 Å². The van der Waals surface area contributed by atoms with Crippen molar-refractivity contribution in [2.45, 2.75) is 6.18 Å². The highest BCUT2D eigenvalue weighted by Crippen LogP contribution is 2.30. The molecule has 2 aromatic carbocycles. The molecule has 32 heavy (non-hydrogen) atoms. The van der Waals surface area contributed by atoms with Gasteiger partial charge in [-0.15, -0.1) is 0 Å². The number of halogens is 3. The Bertz CT molecular complexity index is 1190. The number of hydrazone groups is 1. The van der Waals surface area contributed by atoms with E-state index in [1.807, 2.05) is 10.7 Å². The van der Waals surface area contributed by atoms with Crippen LogP contribution in [0.3, 0.4) is 0 Å². The summed E-state index contributed by atoms with van der Waals surface area (Å²) in [6.45, 7) is 0. The third-order valence-electron chi connectivity index (χ3n) is 4.00. The van der Waals surface area contributed by atoms with E-state index in [1.165, 1.54) is 36.4 Å². The molecule has 0 saturated heterocycles. The zero-order valence-corrected chi connectivity index (χ0v) is 15.9. The molecule has 1 aromatic heterocycles. The van der Waals surface area contributed by atoms with E-state index >= 15 is 0 Å². The number of nitro groups is 1. The number of alkyl halides is 3. The Balaban J connectivity index is 1.57. The lowest BCUT2D eigenvalue weighted by Gasteiger charge is -2.09. The molecule has 0 aliphatic heterocycles. The van der Waals surface area contributed by atoms with E-state index in [2.05, 4.69) is 5.10 Å². The van der Waals surface area contributed by atoms with Crippen LogP contribution in [0, 0.1) is 10.1 Å². The third kappa shape index (κ3) is 5.56. The fourth-order valence-corrected chi connectivity index (χ4v) is 2.49. The number of nitrogens with one attached hydrogen (secondary N) is 2. The van der Waals surface area contributed by atoms with Crippen molar-refractivity contribution in [3.63, 3.8) is 0 Å². The number of amides is 2. The topological polar surface area (TPSA) is 127 Å². The second-order valence-corrected chi connectivity index (χ2v) is 6.24. The number of hydrogen-bond donors (Lipinski definition) is 2. The van der Waals surface area contributed by atoms with E-state index in [1.54, 1.807) is 6.07 Å². The van der Waals surface area contributed by atoms with Gasteiger partial charge in [-0.25, -0.2) is 5.43 Å². The van der Waals surface area contributed by atoms with E-state index < -0.39 is 28.5 Å². The molecule has 0 radical (unpaired) electrons. The maximum atomic E-state index is 12.7. The molecule has 0 atom stereocenters. The Hall–Kier alpha value is -4.48. The lowest BCUT2D eigenvalue weighted by atomic mass is 10.1. The van der Waals surface area contributed by atoms with Crippen molar-refractivity contribution in [1.82, 2.24) is 5.43 Å². The molecule has 12 heteroatoms. The Morgan fingerprint density at radius 3 is 2.41 bits per heavy atom. The van der Waals surface area contributed by atoms with Gasteiger partial charge in [0.25, 0.3) is 5.69 Å². The summed E-state index contributed by atoms with van der Waals surface area (Å²) in [6.07, 6.45) is -3.49. The van der Waals surface area contributed by atoms with E-state index in [-0.39, 0.29) is 17.1 Å². The van der Waals surface area contributed by atoms with Gasteiger partial charge in [0.1, 0.15) is 11.5 Å². The van der Waals surface area contributed by atoms with E-state index in [0.717, 1.165) is 18.3 Å². The van der Waals surface area contributed by atoms with Crippen molar-refractivity contribution < 1.29 is 32.1 Å². The average molecular weight is 446 g/mol. The van der Waals surface area contributed by atoms with Crippen molar-refractivity contribution in [2.24, 2.45) is 5.10 Å². The van der Waals surface area contributed by atoms with Gasteiger partial charge in [0, 0.05) is 23.4 Å². The molecule has 2 N–H and O–H groups in total. The van der Waals surface area contributed by atoms with E-state index in [4.69, 9.17) is 4.42 Å². The molecule has 0 unspecified atom stereocenters. The number of carbonyl (C=O) groups excluding carboxylic acids is 2. The molecule has 0 spiro atoms. The minimum Gasteiger partial charge on any atom is -0.455 e. The lowest BCUT2D eigenvalue weighted by molar-refractivity contribution is -0.384. The van der Waals surface area contributed by atoms with Gasteiger partial charge in [-0.3, -0.25) is 19.7 Å². The van der Waals surface area contributed by atoms with Gasteiger partial charge >= 0.3 is 18.0 Å². The number of furan rings is 1. The van der Waals surface area contributed by atoms with Crippen LogP contribution in [-0.2, 0) is 15.8 Å². The van der Waals surface area contributed by atoms with Crippen molar-refractivity contribution in [2.75, 3.05) is 5.32 Å². The standard InChI is InChI=1S/C20H13F3N4O5/c21-20(22,23)13-2-1-3-14(10-13)25-18(28)19(29)26-24-11-16-8-9-17(32-16)12-4-6-15(7-5-12)27(30)31/h1-11H,(H,25,28)(H,26,29)/b24-11-. The van der Waals surface area contributed by atoms with E-state index in [9.17, 15) is 32.9 Å². The van der Waals surface area contributed by atoms with Crippen LogP contribution in [0.2, 0.25) is 0 Å². The summed E-state index contributed by atoms with van der Waals surface area (Å²) in [5, 5.41) is 16.3. The van der Waals surface area contributed by atoms with Gasteiger partial charge < -0.3 is 9.73 Å². The molecule has 0 bridgehead atoms.